The van der Waals surface area contributed by atoms with Crippen LogP contribution in [0.4, 0.5) is 4.39 Å². The molecule has 3 fully saturated rings. The maximum Gasteiger partial charge on any atom is 0.226 e. The van der Waals surface area contributed by atoms with Crippen LogP contribution in [0.1, 0.15) is 50.5 Å². The Morgan fingerprint density at radius 3 is 2.52 bits per heavy atom. The van der Waals surface area contributed by atoms with Gasteiger partial charge >= 0.3 is 0 Å². The average Bonchev–Trinajstić information content (AvgIpc) is 3.30. The number of nitrogens with two attached hydrogens (primary N) is 1. The molecule has 1 amide bonds. The molecule has 0 radical (unpaired) electrons. The molecule has 0 atom stereocenters. The summed E-state index contributed by atoms with van der Waals surface area (Å²) in [6.07, 6.45) is 7.59. The molecule has 3 aliphatic rings. The molecule has 158 valence electrons. The van der Waals surface area contributed by atoms with Gasteiger partial charge in [0.1, 0.15) is 12.4 Å². The maximum absolute atomic E-state index is 13.0. The van der Waals surface area contributed by atoms with E-state index in [1.807, 2.05) is 12.1 Å². The molecule has 1 aromatic carbocycles. The van der Waals surface area contributed by atoms with Crippen LogP contribution < -0.4 is 15.8 Å². The van der Waals surface area contributed by atoms with Gasteiger partial charge in [-0.15, -0.1) is 0 Å². The molecule has 3 N–H and O–H groups in total. The molecule has 2 bridgehead atoms. The van der Waals surface area contributed by atoms with E-state index >= 15 is 0 Å². The maximum atomic E-state index is 13.0. The molecule has 6 heteroatoms. The summed E-state index contributed by atoms with van der Waals surface area (Å²) in [6.45, 7) is 0.306. The zero-order valence-electron chi connectivity index (χ0n) is 17.1. The number of halogens is 1. The third-order valence-electron chi connectivity index (χ3n) is 7.39. The molecule has 0 saturated heterocycles. The number of benzene rings is 1. The summed E-state index contributed by atoms with van der Waals surface area (Å²) in [5.41, 5.74) is 7.04. The summed E-state index contributed by atoms with van der Waals surface area (Å²) in [6, 6.07) is 8.35. The first-order chi connectivity index (χ1) is 14.0. The molecule has 3 aliphatic carbocycles. The number of hydrogen-bond acceptors (Lipinski definition) is 4. The minimum Gasteiger partial charge on any atom is -0.489 e. The highest BCUT2D eigenvalue weighted by atomic mass is 19.1. The number of carbonyl (C=O) groups excluding carboxylic acids is 1. The Balaban J connectivity index is 1.37. The molecule has 29 heavy (non-hydrogen) atoms. The van der Waals surface area contributed by atoms with E-state index in [1.165, 1.54) is 5.56 Å². The van der Waals surface area contributed by atoms with Crippen molar-refractivity contribution in [3.05, 3.63) is 41.7 Å². The summed E-state index contributed by atoms with van der Waals surface area (Å²) in [5, 5.41) is 3.27. The Bertz CT molecular complexity index is 763. The highest BCUT2D eigenvalue weighted by molar-refractivity contribution is 5.84. The van der Waals surface area contributed by atoms with Crippen LogP contribution >= 0.6 is 0 Å². The van der Waals surface area contributed by atoms with E-state index < -0.39 is 0 Å². The lowest BCUT2D eigenvalue weighted by Gasteiger charge is -2.37. The Hall–Kier alpha value is -1.92. The number of methoxy groups -OCH3 is 1. The quantitative estimate of drug-likeness (QED) is 0.699. The average molecular weight is 403 g/mol. The number of fused-ring (bicyclic) bond motifs is 2. The fourth-order valence-corrected chi connectivity index (χ4v) is 5.34. The van der Waals surface area contributed by atoms with Gasteiger partial charge in [-0.1, -0.05) is 12.1 Å². The molecule has 4 rings (SSSR count). The van der Waals surface area contributed by atoms with E-state index in [9.17, 15) is 9.18 Å². The molecule has 3 saturated carbocycles. The van der Waals surface area contributed by atoms with E-state index in [0.29, 0.717) is 23.8 Å². The van der Waals surface area contributed by atoms with Gasteiger partial charge in [-0.25, -0.2) is 4.39 Å². The van der Waals surface area contributed by atoms with Gasteiger partial charge in [0, 0.05) is 25.3 Å². The van der Waals surface area contributed by atoms with Crippen molar-refractivity contribution >= 4 is 5.91 Å². The van der Waals surface area contributed by atoms with Gasteiger partial charge in [0.15, 0.2) is 0 Å². The second-order valence-corrected chi connectivity index (χ2v) is 9.02. The van der Waals surface area contributed by atoms with Crippen LogP contribution in [-0.4, -0.2) is 38.3 Å². The summed E-state index contributed by atoms with van der Waals surface area (Å²) in [5.74, 6) is 0.944. The van der Waals surface area contributed by atoms with E-state index in [1.54, 1.807) is 7.11 Å². The minimum absolute atomic E-state index is 0.0891. The second-order valence-electron chi connectivity index (χ2n) is 9.02. The van der Waals surface area contributed by atoms with Gasteiger partial charge in [0.05, 0.1) is 17.8 Å². The number of ether oxygens (including phenoxy) is 2. The Kier molecular flexibility index (Phi) is 5.67. The first-order valence-electron chi connectivity index (χ1n) is 10.6. The number of carbonyl (C=O) groups is 1. The summed E-state index contributed by atoms with van der Waals surface area (Å²) >= 11 is 0. The molecular formula is C23H31FN2O3. The summed E-state index contributed by atoms with van der Waals surface area (Å²) in [4.78, 5) is 13.0. The number of amides is 1. The number of rotatable bonds is 8. The monoisotopic (exact) mass is 402 g/mol. The number of hydrogen-bond donors (Lipinski definition) is 2. The molecule has 5 nitrogen and oxygen atoms in total. The Morgan fingerprint density at radius 1 is 1.24 bits per heavy atom. The fraction of sp³-hybridized carbons (Fsp3) is 0.609. The normalized spacial score (nSPS) is 33.4. The van der Waals surface area contributed by atoms with Crippen LogP contribution in [0, 0.1) is 5.41 Å². The van der Waals surface area contributed by atoms with Gasteiger partial charge in [-0.05, 0) is 68.1 Å². The molecule has 0 unspecified atom stereocenters. The van der Waals surface area contributed by atoms with Crippen molar-refractivity contribution in [1.29, 1.82) is 0 Å². The van der Waals surface area contributed by atoms with Crippen LogP contribution in [0.25, 0.3) is 0 Å². The lowest BCUT2D eigenvalue weighted by Crippen LogP contribution is -2.51. The fourth-order valence-electron chi connectivity index (χ4n) is 5.34. The molecule has 0 spiro atoms. The number of nitrogens with one attached hydrogen (secondary N) is 1. The van der Waals surface area contributed by atoms with Gasteiger partial charge in [0.25, 0.3) is 0 Å². The van der Waals surface area contributed by atoms with Crippen molar-refractivity contribution in [3.63, 3.8) is 0 Å². The minimum atomic E-state index is -0.213. The smallest absolute Gasteiger partial charge is 0.226 e. The lowest BCUT2D eigenvalue weighted by molar-refractivity contribution is -0.133. The van der Waals surface area contributed by atoms with Crippen LogP contribution in [0.2, 0.25) is 0 Å². The molecule has 1 aromatic rings. The van der Waals surface area contributed by atoms with E-state index in [2.05, 4.69) is 17.4 Å². The second kappa shape index (κ2) is 8.07. The molecular weight excluding hydrogens is 371 g/mol. The summed E-state index contributed by atoms with van der Waals surface area (Å²) in [7, 11) is 1.73. The van der Waals surface area contributed by atoms with Crippen molar-refractivity contribution in [1.82, 2.24) is 5.32 Å². The predicted octanol–water partition coefficient (Wildman–Crippen LogP) is 3.37. The third-order valence-corrected chi connectivity index (χ3v) is 7.39. The topological polar surface area (TPSA) is 73.6 Å². The van der Waals surface area contributed by atoms with Crippen molar-refractivity contribution in [2.75, 3.05) is 20.3 Å². The van der Waals surface area contributed by atoms with Crippen LogP contribution in [0.15, 0.2) is 36.2 Å². The van der Waals surface area contributed by atoms with Crippen molar-refractivity contribution in [2.24, 2.45) is 11.1 Å². The summed E-state index contributed by atoms with van der Waals surface area (Å²) < 4.78 is 23.6. The third kappa shape index (κ3) is 3.80. The highest BCUT2D eigenvalue weighted by Gasteiger charge is 2.58. The van der Waals surface area contributed by atoms with Crippen LogP contribution in [0.5, 0.6) is 5.75 Å². The SMILES string of the molecule is CO[C@H]1C[C@@H](NC(=O)C23CCC(c4ccc(OC/C(=C/F)CN)cc4)(CC2)C3)C1. The first-order valence-corrected chi connectivity index (χ1v) is 10.6. The zero-order valence-corrected chi connectivity index (χ0v) is 17.1. The van der Waals surface area contributed by atoms with Gasteiger partial charge in [0.2, 0.25) is 5.91 Å². The van der Waals surface area contributed by atoms with E-state index in [0.717, 1.165) is 44.9 Å². The molecule has 0 aliphatic heterocycles. The van der Waals surface area contributed by atoms with Crippen molar-refractivity contribution < 1.29 is 18.7 Å². The van der Waals surface area contributed by atoms with E-state index in [-0.39, 0.29) is 35.9 Å². The van der Waals surface area contributed by atoms with Crippen LogP contribution in [0.3, 0.4) is 0 Å². The largest absolute Gasteiger partial charge is 0.489 e. The molecule has 0 heterocycles. The predicted molar refractivity (Wildman–Crippen MR) is 109 cm³/mol. The lowest BCUT2D eigenvalue weighted by atomic mass is 9.77. The van der Waals surface area contributed by atoms with Crippen molar-refractivity contribution in [2.45, 2.75) is 62.5 Å². The van der Waals surface area contributed by atoms with E-state index in [4.69, 9.17) is 15.2 Å². The Labute approximate surface area is 171 Å². The molecule has 0 aromatic heterocycles. The zero-order chi connectivity index (χ0) is 20.5. The van der Waals surface area contributed by atoms with Gasteiger partial charge in [-0.2, -0.15) is 0 Å². The van der Waals surface area contributed by atoms with Gasteiger partial charge in [-0.3, -0.25) is 4.79 Å². The van der Waals surface area contributed by atoms with Crippen LogP contribution in [-0.2, 0) is 14.9 Å². The Morgan fingerprint density at radius 2 is 1.93 bits per heavy atom. The standard InChI is InChI=1S/C23H31FN2O3/c1-28-20-10-18(11-20)26-21(27)23-8-6-22(15-23,7-9-23)17-2-4-19(5-3-17)29-14-16(12-24)13-25/h2-5,12,18,20H,6-11,13-15,25H2,1H3,(H,26,27)/b16-12+/t18-,20+,22?,23?. The van der Waals surface area contributed by atoms with Gasteiger partial charge < -0.3 is 20.5 Å². The first kappa shape index (κ1) is 20.4. The van der Waals surface area contributed by atoms with Crippen molar-refractivity contribution in [3.8, 4) is 5.75 Å². The highest BCUT2D eigenvalue weighted by Crippen LogP contribution is 2.62.